The molecule has 11 nitrogen and oxygen atoms in total. The fourth-order valence-corrected chi connectivity index (χ4v) is 6.36. The molecule has 1 aliphatic carbocycles. The smallest absolute Gasteiger partial charge is 0.336 e. The second kappa shape index (κ2) is 10.2. The highest BCUT2D eigenvalue weighted by Gasteiger charge is 2.32. The van der Waals surface area contributed by atoms with Crippen LogP contribution in [0.2, 0.25) is 0 Å². The predicted octanol–water partition coefficient (Wildman–Crippen LogP) is 3.29. The molecule has 0 saturated heterocycles. The molecule has 1 saturated carbocycles. The van der Waals surface area contributed by atoms with Crippen LogP contribution in [0, 0.1) is 16.3 Å². The summed E-state index contributed by atoms with van der Waals surface area (Å²) in [5.41, 5.74) is -1.73. The van der Waals surface area contributed by atoms with E-state index in [1.165, 1.54) is 59.5 Å². The minimum Gasteiger partial charge on any atom is -0.338 e. The average Bonchev–Trinajstić information content (AvgIpc) is 3.71. The first-order chi connectivity index (χ1) is 19.2. The van der Waals surface area contributed by atoms with Gasteiger partial charge in [0, 0.05) is 29.1 Å². The molecule has 1 aliphatic rings. The summed E-state index contributed by atoms with van der Waals surface area (Å²) >= 11 is 1.96. The summed E-state index contributed by atoms with van der Waals surface area (Å²) in [7, 11) is -2.57. The zero-order chi connectivity index (χ0) is 30.0. The Morgan fingerprint density at radius 3 is 2.37 bits per heavy atom. The number of amides is 1. The molecule has 0 unspecified atom stereocenters. The average molecular weight is 693 g/mol. The first-order valence-electron chi connectivity index (χ1n) is 12.5. The van der Waals surface area contributed by atoms with Crippen LogP contribution in [0.4, 0.5) is 21.6 Å². The number of pyridine rings is 1. The summed E-state index contributed by atoms with van der Waals surface area (Å²) < 4.78 is 44.4. The van der Waals surface area contributed by atoms with E-state index in [1.807, 2.05) is 22.6 Å². The zero-order valence-electron chi connectivity index (χ0n) is 22.4. The third-order valence-corrected chi connectivity index (χ3v) is 8.68. The van der Waals surface area contributed by atoms with Gasteiger partial charge in [0.25, 0.3) is 11.1 Å². The molecule has 0 radical (unpaired) electrons. The van der Waals surface area contributed by atoms with E-state index in [-0.39, 0.29) is 45.4 Å². The molecule has 0 bridgehead atoms. The largest absolute Gasteiger partial charge is 0.338 e. The van der Waals surface area contributed by atoms with Crippen LogP contribution in [0.1, 0.15) is 31.4 Å². The number of sulfonamides is 1. The fraction of sp³-hybridized carbons (Fsp3) is 0.259. The van der Waals surface area contributed by atoms with Crippen LogP contribution in [-0.2, 0) is 21.9 Å². The van der Waals surface area contributed by atoms with Crippen LogP contribution in [0.25, 0.3) is 16.6 Å². The number of nitrogens with zero attached hydrogens (tertiary/aromatic N) is 4. The monoisotopic (exact) mass is 693 g/mol. The molecule has 0 aliphatic heterocycles. The van der Waals surface area contributed by atoms with Gasteiger partial charge in [0.1, 0.15) is 17.0 Å². The van der Waals surface area contributed by atoms with E-state index >= 15 is 0 Å². The van der Waals surface area contributed by atoms with Crippen molar-refractivity contribution in [2.45, 2.75) is 32.7 Å². The van der Waals surface area contributed by atoms with Gasteiger partial charge in [0.05, 0.1) is 28.8 Å². The molecule has 2 heterocycles. The van der Waals surface area contributed by atoms with Gasteiger partial charge in [0.2, 0.25) is 15.9 Å². The SMILES string of the molecule is CC(=O)N(c1cccc(-n2c(=O)n(C3CC3)c(=O)c3c(Nc4ccc(I)cc4F)n(C)c(=O)c(C)c32)c1)S(C)(=O)=O. The van der Waals surface area contributed by atoms with Crippen molar-refractivity contribution >= 4 is 66.6 Å². The van der Waals surface area contributed by atoms with E-state index < -0.39 is 38.6 Å². The van der Waals surface area contributed by atoms with Crippen molar-refractivity contribution in [1.29, 1.82) is 0 Å². The van der Waals surface area contributed by atoms with Crippen LogP contribution < -0.4 is 26.4 Å². The molecule has 0 atom stereocenters. The van der Waals surface area contributed by atoms with E-state index in [9.17, 15) is 32.0 Å². The van der Waals surface area contributed by atoms with Crippen LogP contribution in [0.5, 0.6) is 0 Å². The van der Waals surface area contributed by atoms with Gasteiger partial charge < -0.3 is 5.32 Å². The molecule has 41 heavy (non-hydrogen) atoms. The second-order valence-corrected chi connectivity index (χ2v) is 13.0. The number of nitrogens with one attached hydrogen (secondary N) is 1. The lowest BCUT2D eigenvalue weighted by molar-refractivity contribution is -0.115. The Morgan fingerprint density at radius 1 is 1.10 bits per heavy atom. The third-order valence-electron chi connectivity index (χ3n) is 6.88. The number of aromatic nitrogens is 3. The van der Waals surface area contributed by atoms with Gasteiger partial charge in [-0.15, -0.1) is 0 Å². The number of carbonyl (C=O) groups is 1. The van der Waals surface area contributed by atoms with Crippen molar-refractivity contribution in [3.05, 3.63) is 88.6 Å². The maximum atomic E-state index is 14.9. The summed E-state index contributed by atoms with van der Waals surface area (Å²) in [6, 6.07) is 9.76. The van der Waals surface area contributed by atoms with Crippen LogP contribution in [0.3, 0.4) is 0 Å². The van der Waals surface area contributed by atoms with Gasteiger partial charge in [0.15, 0.2) is 0 Å². The molecule has 1 fully saturated rings. The first kappa shape index (κ1) is 28.7. The summed E-state index contributed by atoms with van der Waals surface area (Å²) in [4.78, 5) is 53.6. The van der Waals surface area contributed by atoms with Gasteiger partial charge in [-0.05, 0) is 78.8 Å². The van der Waals surface area contributed by atoms with Crippen molar-refractivity contribution in [2.75, 3.05) is 15.9 Å². The van der Waals surface area contributed by atoms with Gasteiger partial charge in [-0.25, -0.2) is 21.9 Å². The molecular formula is C27H25FIN5O6S. The van der Waals surface area contributed by atoms with Crippen LogP contribution in [-0.4, -0.2) is 34.3 Å². The van der Waals surface area contributed by atoms with E-state index in [0.29, 0.717) is 20.7 Å². The molecule has 1 N–H and O–H groups in total. The highest BCUT2D eigenvalue weighted by molar-refractivity contribution is 14.1. The Bertz CT molecular complexity index is 2060. The number of anilines is 3. The normalized spacial score (nSPS) is 13.4. The maximum Gasteiger partial charge on any atom is 0.336 e. The lowest BCUT2D eigenvalue weighted by Gasteiger charge is -2.22. The van der Waals surface area contributed by atoms with Gasteiger partial charge >= 0.3 is 5.69 Å². The highest BCUT2D eigenvalue weighted by atomic mass is 127. The van der Waals surface area contributed by atoms with Crippen molar-refractivity contribution in [3.63, 3.8) is 0 Å². The number of aryl methyl sites for hydroxylation is 1. The number of fused-ring (bicyclic) bond motifs is 1. The lowest BCUT2D eigenvalue weighted by atomic mass is 10.1. The van der Waals surface area contributed by atoms with Crippen molar-refractivity contribution in [1.82, 2.24) is 13.7 Å². The summed E-state index contributed by atoms with van der Waals surface area (Å²) in [6.07, 6.45) is 2.06. The first-order valence-corrected chi connectivity index (χ1v) is 15.4. The molecule has 2 aromatic carbocycles. The van der Waals surface area contributed by atoms with E-state index in [4.69, 9.17) is 0 Å². The number of rotatable bonds is 6. The number of halogens is 2. The summed E-state index contributed by atoms with van der Waals surface area (Å²) in [6.45, 7) is 2.57. The van der Waals surface area contributed by atoms with Crippen molar-refractivity contribution in [3.8, 4) is 5.69 Å². The number of benzene rings is 2. The molecular weight excluding hydrogens is 668 g/mol. The van der Waals surface area contributed by atoms with E-state index in [0.717, 1.165) is 17.7 Å². The van der Waals surface area contributed by atoms with Crippen LogP contribution in [0.15, 0.2) is 56.8 Å². The number of hydrogen-bond acceptors (Lipinski definition) is 7. The Labute approximate surface area is 247 Å². The molecule has 1 amide bonds. The summed E-state index contributed by atoms with van der Waals surface area (Å²) in [5, 5.41) is 2.87. The fourth-order valence-electron chi connectivity index (χ4n) is 4.94. The van der Waals surface area contributed by atoms with Gasteiger partial charge in [-0.1, -0.05) is 6.07 Å². The summed E-state index contributed by atoms with van der Waals surface area (Å²) in [5.74, 6) is -1.38. The number of carbonyl (C=O) groups excluding carboxylic acids is 1. The maximum absolute atomic E-state index is 14.9. The molecule has 14 heteroatoms. The molecule has 0 spiro atoms. The Morgan fingerprint density at radius 2 is 1.78 bits per heavy atom. The third kappa shape index (κ3) is 4.98. The molecule has 5 rings (SSSR count). The van der Waals surface area contributed by atoms with Crippen LogP contribution >= 0.6 is 22.6 Å². The minimum atomic E-state index is -4.01. The Balaban J connectivity index is 1.91. The lowest BCUT2D eigenvalue weighted by Crippen LogP contribution is -2.41. The standard InChI is InChI=1S/C27H25FIN5O6S/c1-14-23-22(24(31(3)25(14)36)30-21-11-8-16(29)12-20(21)28)26(37)33(17-9-10-17)27(38)32(23)18-6-5-7-19(13-18)34(15(2)35)41(4,39)40/h5-8,11-13,17,30H,9-10H2,1-4H3. The topological polar surface area (TPSA) is 132 Å². The van der Waals surface area contributed by atoms with Crippen molar-refractivity contribution in [2.24, 2.45) is 7.05 Å². The quantitative estimate of drug-likeness (QED) is 0.307. The molecule has 2 aromatic heterocycles. The molecule has 4 aromatic rings. The van der Waals surface area contributed by atoms with Gasteiger partial charge in [-0.2, -0.15) is 0 Å². The Hall–Kier alpha value is -3.79. The van der Waals surface area contributed by atoms with E-state index in [1.54, 1.807) is 6.07 Å². The predicted molar refractivity (Wildman–Crippen MR) is 162 cm³/mol. The Kier molecular flexibility index (Phi) is 7.18. The van der Waals surface area contributed by atoms with E-state index in [2.05, 4.69) is 5.32 Å². The zero-order valence-corrected chi connectivity index (χ0v) is 25.4. The van der Waals surface area contributed by atoms with Gasteiger partial charge in [-0.3, -0.25) is 28.1 Å². The number of hydrogen-bond donors (Lipinski definition) is 1. The second-order valence-electron chi connectivity index (χ2n) is 9.90. The molecule has 214 valence electrons. The van der Waals surface area contributed by atoms with Crippen molar-refractivity contribution < 1.29 is 17.6 Å². The highest BCUT2D eigenvalue weighted by Crippen LogP contribution is 2.34. The minimum absolute atomic E-state index is 0.0125.